The first-order valence-electron chi connectivity index (χ1n) is 6.96. The Labute approximate surface area is 156 Å². The quantitative estimate of drug-likeness (QED) is 0.450. The van der Waals surface area contributed by atoms with Crippen molar-refractivity contribution in [3.05, 3.63) is 63.0 Å². The summed E-state index contributed by atoms with van der Waals surface area (Å²) in [5, 5.41) is 0. The fourth-order valence-corrected chi connectivity index (χ4v) is 21.2. The molecule has 0 fully saturated rings. The summed E-state index contributed by atoms with van der Waals surface area (Å²) in [5.41, 5.74) is 3.15. The van der Waals surface area contributed by atoms with E-state index in [0.29, 0.717) is 1.14 Å². The number of fused-ring (bicyclic) bond motifs is 1. The van der Waals surface area contributed by atoms with Crippen molar-refractivity contribution in [2.24, 2.45) is 0 Å². The molecule has 0 radical (unpaired) electrons. The third-order valence-electron chi connectivity index (χ3n) is 4.21. The SMILES string of the molecule is [CH3][Sn]([CH3])([CH3])[C]1([Zr+2][C]2=CC=CC2)C=Cc2ccccc21.[Cl-].[Cl-]. The van der Waals surface area contributed by atoms with Gasteiger partial charge in [0.05, 0.1) is 0 Å². The van der Waals surface area contributed by atoms with Gasteiger partial charge in [-0.25, -0.2) is 0 Å². The number of halogens is 2. The number of benzene rings is 1. The van der Waals surface area contributed by atoms with E-state index in [9.17, 15) is 0 Å². The Balaban J connectivity index is 0.00000110. The summed E-state index contributed by atoms with van der Waals surface area (Å²) in [6.45, 7) is 0. The third kappa shape index (κ3) is 3.62. The minimum atomic E-state index is -2.08. The van der Waals surface area contributed by atoms with Crippen LogP contribution in [0.4, 0.5) is 0 Å². The van der Waals surface area contributed by atoms with Crippen molar-refractivity contribution in [1.82, 2.24) is 0 Å². The van der Waals surface area contributed by atoms with Crippen LogP contribution in [0.25, 0.3) is 6.08 Å². The largest absolute Gasteiger partial charge is 1.00 e. The van der Waals surface area contributed by atoms with Crippen LogP contribution in [0.15, 0.2) is 51.9 Å². The van der Waals surface area contributed by atoms with E-state index in [4.69, 9.17) is 0 Å². The van der Waals surface area contributed by atoms with E-state index in [2.05, 4.69) is 69.5 Å². The third-order valence-corrected chi connectivity index (χ3v) is 30.4. The van der Waals surface area contributed by atoms with Gasteiger partial charge < -0.3 is 24.8 Å². The van der Waals surface area contributed by atoms with Gasteiger partial charge in [-0.1, -0.05) is 0 Å². The average Bonchev–Trinajstić information content (AvgIpc) is 2.98. The molecule has 1 unspecified atom stereocenters. The maximum Gasteiger partial charge on any atom is -1.00 e. The van der Waals surface area contributed by atoms with Crippen molar-refractivity contribution in [2.75, 3.05) is 0 Å². The molecule has 3 rings (SSSR count). The Morgan fingerprint density at radius 2 is 1.81 bits per heavy atom. The number of hydrogen-bond donors (Lipinski definition) is 0. The van der Waals surface area contributed by atoms with E-state index < -0.39 is 41.6 Å². The van der Waals surface area contributed by atoms with Crippen molar-refractivity contribution in [3.8, 4) is 0 Å². The van der Waals surface area contributed by atoms with Gasteiger partial charge in [-0.2, -0.15) is 0 Å². The Morgan fingerprint density at radius 1 is 1.10 bits per heavy atom. The molecule has 0 aliphatic heterocycles. The molecule has 0 spiro atoms. The fraction of sp³-hybridized carbons (Fsp3) is 0.294. The molecule has 0 bridgehead atoms. The average molecular weight is 505 g/mol. The van der Waals surface area contributed by atoms with Crippen LogP contribution in [0.1, 0.15) is 17.5 Å². The van der Waals surface area contributed by atoms with E-state index in [1.54, 1.807) is 8.84 Å². The molecule has 21 heavy (non-hydrogen) atoms. The Bertz CT molecular complexity index is 599. The molecule has 4 heteroatoms. The van der Waals surface area contributed by atoms with Gasteiger partial charge in [0.15, 0.2) is 0 Å². The Morgan fingerprint density at radius 3 is 2.43 bits per heavy atom. The van der Waals surface area contributed by atoms with Gasteiger partial charge in [0.25, 0.3) is 0 Å². The molecule has 1 aromatic rings. The second-order valence-electron chi connectivity index (χ2n) is 6.43. The van der Waals surface area contributed by atoms with Gasteiger partial charge in [-0.15, -0.1) is 0 Å². The zero-order valence-electron chi connectivity index (χ0n) is 12.7. The molecule has 0 saturated carbocycles. The van der Waals surface area contributed by atoms with Crippen LogP contribution < -0.4 is 24.8 Å². The van der Waals surface area contributed by atoms with Crippen molar-refractivity contribution >= 4 is 24.5 Å². The van der Waals surface area contributed by atoms with E-state index in [-0.39, 0.29) is 24.8 Å². The molecule has 0 saturated heterocycles. The van der Waals surface area contributed by atoms with Crippen LogP contribution in [0.2, 0.25) is 14.8 Å². The Kier molecular flexibility index (Phi) is 7.07. The van der Waals surface area contributed by atoms with Gasteiger partial charge >= 0.3 is 133 Å². The summed E-state index contributed by atoms with van der Waals surface area (Å²) in [4.78, 5) is 7.85. The summed E-state index contributed by atoms with van der Waals surface area (Å²) < 4.78 is 2.29. The molecule has 0 aromatic heterocycles. The first kappa shape index (κ1) is 19.7. The second-order valence-corrected chi connectivity index (χ2v) is 29.2. The van der Waals surface area contributed by atoms with Crippen LogP contribution in [0.5, 0.6) is 0 Å². The van der Waals surface area contributed by atoms with E-state index in [1.807, 2.05) is 0 Å². The zero-order valence-corrected chi connectivity index (χ0v) is 19.5. The van der Waals surface area contributed by atoms with Gasteiger partial charge in [0, 0.05) is 0 Å². The second kappa shape index (κ2) is 7.51. The minimum absolute atomic E-state index is 0. The van der Waals surface area contributed by atoms with Crippen molar-refractivity contribution in [2.45, 2.75) is 22.4 Å². The molecule has 2 aliphatic carbocycles. The Hall–Kier alpha value is 0.702. The first-order chi connectivity index (χ1) is 9.03. The summed E-state index contributed by atoms with van der Waals surface area (Å²) in [6.07, 6.45) is 13.2. The van der Waals surface area contributed by atoms with Crippen LogP contribution >= 0.6 is 0 Å². The summed E-state index contributed by atoms with van der Waals surface area (Å²) in [7, 11) is 0. The zero-order chi connectivity index (χ0) is 13.5. The predicted molar refractivity (Wildman–Crippen MR) is 82.3 cm³/mol. The molecule has 110 valence electrons. The van der Waals surface area contributed by atoms with Gasteiger partial charge in [0.1, 0.15) is 0 Å². The van der Waals surface area contributed by atoms with E-state index >= 15 is 0 Å². The van der Waals surface area contributed by atoms with Crippen LogP contribution in [0.3, 0.4) is 0 Å². The van der Waals surface area contributed by atoms with Gasteiger partial charge in [-0.05, 0) is 0 Å². The molecule has 0 heterocycles. The smallest absolute Gasteiger partial charge is 1.00 e. The fourth-order valence-electron chi connectivity index (χ4n) is 3.05. The molecule has 0 amide bonds. The molecule has 2 aliphatic rings. The summed E-state index contributed by atoms with van der Waals surface area (Å²) in [6, 6.07) is 9.12. The topological polar surface area (TPSA) is 0 Å². The standard InChI is InChI=1S/C9H6.C5H5.3CH3.2ClH.Sn.Zr/c1-2-5-9-7-3-6-8(9)4-1;1-2-4-5-3-1;;;;;;;/h1-6H;1-3H,4H2;3*1H3;2*1H;;/q;;;;;;;;+2/p-2. The van der Waals surface area contributed by atoms with Crippen LogP contribution in [-0.2, 0) is 24.4 Å². The van der Waals surface area contributed by atoms with Crippen molar-refractivity contribution < 1.29 is 48.0 Å². The monoisotopic (exact) mass is 504 g/mol. The first-order valence-corrected chi connectivity index (χ1v) is 19.4. The van der Waals surface area contributed by atoms with Crippen molar-refractivity contribution in [1.29, 1.82) is 0 Å². The molecule has 0 nitrogen and oxygen atoms in total. The van der Waals surface area contributed by atoms with Crippen molar-refractivity contribution in [3.63, 3.8) is 0 Å². The molecule has 0 N–H and O–H groups in total. The predicted octanol–water partition coefficient (Wildman–Crippen LogP) is -1.28. The van der Waals surface area contributed by atoms with Gasteiger partial charge in [0.2, 0.25) is 0 Å². The van der Waals surface area contributed by atoms with E-state index in [0.717, 1.165) is 0 Å². The van der Waals surface area contributed by atoms with Crippen LogP contribution in [-0.4, -0.2) is 18.4 Å². The molecular weight excluding hydrogens is 485 g/mol. The molecule has 1 atom stereocenters. The number of allylic oxidation sites excluding steroid dienone is 5. The molecule has 1 aromatic carbocycles. The number of hydrogen-bond acceptors (Lipinski definition) is 0. The van der Waals surface area contributed by atoms with Gasteiger partial charge in [-0.3, -0.25) is 0 Å². The molecular formula is C17H20Cl2SnZr. The summed E-state index contributed by atoms with van der Waals surface area (Å²) >= 11 is -2.66. The normalized spacial score (nSPS) is 22.0. The van der Waals surface area contributed by atoms with Crippen LogP contribution in [0, 0.1) is 0 Å². The maximum absolute atomic E-state index is 2.62. The minimum Gasteiger partial charge on any atom is -1.00 e. The number of rotatable bonds is 3. The summed E-state index contributed by atoms with van der Waals surface area (Å²) in [5.74, 6) is 0. The van der Waals surface area contributed by atoms with E-state index in [1.165, 1.54) is 12.0 Å². The maximum atomic E-state index is 2.62.